The Kier molecular flexibility index (Phi) is 4.96. The molecule has 0 saturated carbocycles. The minimum absolute atomic E-state index is 0.639. The van der Waals surface area contributed by atoms with Gasteiger partial charge in [-0.1, -0.05) is 19.2 Å². The van der Waals surface area contributed by atoms with Crippen LogP contribution in [0.2, 0.25) is 0 Å². The maximum atomic E-state index is 5.67. The first kappa shape index (κ1) is 14.3. The first-order valence-electron chi connectivity index (χ1n) is 6.37. The summed E-state index contributed by atoms with van der Waals surface area (Å²) < 4.78 is 1.71. The molecular weight excluding hydrogens is 272 g/mol. The van der Waals surface area contributed by atoms with Crippen LogP contribution in [0.15, 0.2) is 49.6 Å². The molecule has 104 valence electrons. The number of hydrogen-bond acceptors (Lipinski definition) is 3. The Hall–Kier alpha value is -2.07. The van der Waals surface area contributed by atoms with Gasteiger partial charge in [0.15, 0.2) is 5.82 Å². The Morgan fingerprint density at radius 1 is 1.50 bits per heavy atom. The number of alkyl halides is 1. The molecule has 2 aromatic heterocycles. The van der Waals surface area contributed by atoms with E-state index in [1.54, 1.807) is 23.2 Å². The van der Waals surface area contributed by atoms with Crippen LogP contribution < -0.4 is 5.32 Å². The predicted octanol–water partition coefficient (Wildman–Crippen LogP) is 3.85. The zero-order valence-corrected chi connectivity index (χ0v) is 12.0. The molecule has 0 amide bonds. The molecule has 2 rings (SSSR count). The number of allylic oxidation sites excluding steroid dienone is 1. The largest absolute Gasteiger partial charge is 0.359 e. The smallest absolute Gasteiger partial charge is 0.155 e. The average molecular weight is 289 g/mol. The summed E-state index contributed by atoms with van der Waals surface area (Å²) in [5.41, 5.74) is 2.83. The molecule has 0 fully saturated rings. The number of nitrogens with zero attached hydrogens (tertiary/aromatic N) is 3. The SMILES string of the molecule is C=Cc1cnn(-c2cc(NC(=C)CCCCl)ccn2)c1. The second-order valence-electron chi connectivity index (χ2n) is 4.35. The van der Waals surface area contributed by atoms with Gasteiger partial charge in [-0.25, -0.2) is 9.67 Å². The molecule has 5 heteroatoms. The highest BCUT2D eigenvalue weighted by atomic mass is 35.5. The molecule has 0 aliphatic carbocycles. The topological polar surface area (TPSA) is 42.7 Å². The van der Waals surface area contributed by atoms with Crippen LogP contribution in [0.3, 0.4) is 0 Å². The van der Waals surface area contributed by atoms with Gasteiger partial charge in [0.2, 0.25) is 0 Å². The molecule has 0 atom stereocenters. The molecule has 1 N–H and O–H groups in total. The summed E-state index contributed by atoms with van der Waals surface area (Å²) in [5.74, 6) is 1.38. The molecule has 0 aliphatic rings. The van der Waals surface area contributed by atoms with Gasteiger partial charge in [0, 0.05) is 41.3 Å². The summed E-state index contributed by atoms with van der Waals surface area (Å²) in [6.07, 6.45) is 8.87. The number of hydrogen-bond donors (Lipinski definition) is 1. The van der Waals surface area contributed by atoms with Crippen molar-refractivity contribution >= 4 is 23.4 Å². The van der Waals surface area contributed by atoms with Crippen LogP contribution in [0.4, 0.5) is 5.69 Å². The van der Waals surface area contributed by atoms with Crippen molar-refractivity contribution in [2.75, 3.05) is 11.2 Å². The van der Waals surface area contributed by atoms with E-state index in [-0.39, 0.29) is 0 Å². The van der Waals surface area contributed by atoms with Crippen LogP contribution in [0.25, 0.3) is 11.9 Å². The van der Waals surface area contributed by atoms with Crippen LogP contribution in [0.1, 0.15) is 18.4 Å². The van der Waals surface area contributed by atoms with E-state index in [9.17, 15) is 0 Å². The lowest BCUT2D eigenvalue weighted by atomic mass is 10.2. The predicted molar refractivity (Wildman–Crippen MR) is 84.2 cm³/mol. The first-order valence-corrected chi connectivity index (χ1v) is 6.90. The molecule has 2 aromatic rings. The summed E-state index contributed by atoms with van der Waals surface area (Å²) in [6, 6.07) is 3.82. The number of nitrogens with one attached hydrogen (secondary N) is 1. The third kappa shape index (κ3) is 3.71. The lowest BCUT2D eigenvalue weighted by molar-refractivity contribution is 0.846. The number of aromatic nitrogens is 3. The summed E-state index contributed by atoms with van der Waals surface area (Å²) in [6.45, 7) is 7.70. The van der Waals surface area contributed by atoms with Gasteiger partial charge >= 0.3 is 0 Å². The van der Waals surface area contributed by atoms with E-state index in [4.69, 9.17) is 11.6 Å². The second kappa shape index (κ2) is 6.91. The third-order valence-electron chi connectivity index (χ3n) is 2.75. The van der Waals surface area contributed by atoms with Gasteiger partial charge in [0.05, 0.1) is 6.20 Å². The molecule has 0 bridgehead atoms. The van der Waals surface area contributed by atoms with Crippen LogP contribution >= 0.6 is 11.6 Å². The standard InChI is InChI=1S/C15H17ClN4/c1-3-13-10-18-20(11-13)15-9-14(6-8-17-15)19-12(2)5-4-7-16/h3,6,8-11H,1-2,4-5,7H2,(H,17,19). The molecule has 20 heavy (non-hydrogen) atoms. The fourth-order valence-corrected chi connectivity index (χ4v) is 1.87. The van der Waals surface area contributed by atoms with Gasteiger partial charge in [-0.3, -0.25) is 0 Å². The summed E-state index contributed by atoms with van der Waals surface area (Å²) in [7, 11) is 0. The van der Waals surface area contributed by atoms with Crippen molar-refractivity contribution in [3.8, 4) is 5.82 Å². The van der Waals surface area contributed by atoms with Crippen molar-refractivity contribution in [1.29, 1.82) is 0 Å². The van der Waals surface area contributed by atoms with Crippen molar-refractivity contribution in [2.45, 2.75) is 12.8 Å². The van der Waals surface area contributed by atoms with E-state index in [0.717, 1.165) is 35.6 Å². The molecule has 0 unspecified atom stereocenters. The third-order valence-corrected chi connectivity index (χ3v) is 3.02. The summed E-state index contributed by atoms with van der Waals surface area (Å²) in [4.78, 5) is 4.30. The highest BCUT2D eigenvalue weighted by molar-refractivity contribution is 6.17. The lowest BCUT2D eigenvalue weighted by Gasteiger charge is -2.10. The molecule has 0 aromatic carbocycles. The zero-order chi connectivity index (χ0) is 14.4. The van der Waals surface area contributed by atoms with Crippen LogP contribution in [0.5, 0.6) is 0 Å². The normalized spacial score (nSPS) is 10.2. The van der Waals surface area contributed by atoms with Crippen LogP contribution in [0, 0.1) is 0 Å². The van der Waals surface area contributed by atoms with Gasteiger partial charge in [-0.2, -0.15) is 5.10 Å². The Balaban J connectivity index is 2.11. The Morgan fingerprint density at radius 2 is 2.35 bits per heavy atom. The number of rotatable bonds is 7. The highest BCUT2D eigenvalue weighted by Gasteiger charge is 2.02. The highest BCUT2D eigenvalue weighted by Crippen LogP contribution is 2.15. The molecule has 0 radical (unpaired) electrons. The number of halogens is 1. The van der Waals surface area contributed by atoms with Crippen molar-refractivity contribution in [2.24, 2.45) is 0 Å². The molecular formula is C15H17ClN4. The zero-order valence-electron chi connectivity index (χ0n) is 11.2. The van der Waals surface area contributed by atoms with Crippen LogP contribution in [-0.2, 0) is 0 Å². The molecule has 0 aliphatic heterocycles. The van der Waals surface area contributed by atoms with E-state index in [1.165, 1.54) is 0 Å². The lowest BCUT2D eigenvalue weighted by Crippen LogP contribution is -2.02. The molecule has 0 spiro atoms. The van der Waals surface area contributed by atoms with E-state index in [2.05, 4.69) is 28.6 Å². The Labute approximate surface area is 123 Å². The van der Waals surface area contributed by atoms with Gasteiger partial charge in [-0.15, -0.1) is 11.6 Å². The Bertz CT molecular complexity index is 603. The fourth-order valence-electron chi connectivity index (χ4n) is 1.74. The maximum absolute atomic E-state index is 5.67. The van der Waals surface area contributed by atoms with Crippen molar-refractivity contribution < 1.29 is 0 Å². The van der Waals surface area contributed by atoms with Crippen molar-refractivity contribution in [3.63, 3.8) is 0 Å². The van der Waals surface area contributed by atoms with E-state index >= 15 is 0 Å². The van der Waals surface area contributed by atoms with E-state index < -0.39 is 0 Å². The maximum Gasteiger partial charge on any atom is 0.155 e. The van der Waals surface area contributed by atoms with Gasteiger partial charge < -0.3 is 5.32 Å². The summed E-state index contributed by atoms with van der Waals surface area (Å²) >= 11 is 5.67. The monoisotopic (exact) mass is 288 g/mol. The quantitative estimate of drug-likeness (QED) is 0.787. The average Bonchev–Trinajstić information content (AvgIpc) is 2.94. The first-order chi connectivity index (χ1) is 9.72. The number of anilines is 1. The van der Waals surface area contributed by atoms with E-state index in [0.29, 0.717) is 5.88 Å². The van der Waals surface area contributed by atoms with Gasteiger partial charge in [0.25, 0.3) is 0 Å². The fraction of sp³-hybridized carbons (Fsp3) is 0.200. The van der Waals surface area contributed by atoms with Gasteiger partial charge in [-0.05, 0) is 18.9 Å². The summed E-state index contributed by atoms with van der Waals surface area (Å²) in [5, 5.41) is 7.50. The van der Waals surface area contributed by atoms with Crippen LogP contribution in [-0.4, -0.2) is 20.6 Å². The molecule has 4 nitrogen and oxygen atoms in total. The van der Waals surface area contributed by atoms with E-state index in [1.807, 2.05) is 18.3 Å². The molecule has 0 saturated heterocycles. The molecule has 2 heterocycles. The minimum atomic E-state index is 0.639. The number of pyridine rings is 1. The van der Waals surface area contributed by atoms with Gasteiger partial charge in [0.1, 0.15) is 0 Å². The Morgan fingerprint density at radius 3 is 3.05 bits per heavy atom. The van der Waals surface area contributed by atoms with Crippen molar-refractivity contribution in [3.05, 3.63) is 55.1 Å². The minimum Gasteiger partial charge on any atom is -0.359 e. The van der Waals surface area contributed by atoms with Crippen molar-refractivity contribution in [1.82, 2.24) is 14.8 Å². The second-order valence-corrected chi connectivity index (χ2v) is 4.72.